The van der Waals surface area contributed by atoms with Crippen LogP contribution in [-0.2, 0) is 0 Å². The summed E-state index contributed by atoms with van der Waals surface area (Å²) in [5, 5.41) is 26.9. The van der Waals surface area contributed by atoms with E-state index in [0.717, 1.165) is 16.7 Å². The van der Waals surface area contributed by atoms with Crippen molar-refractivity contribution in [1.82, 2.24) is 0 Å². The molecule has 132 valence electrons. The molecule has 0 saturated carbocycles. The molecule has 0 fully saturated rings. The summed E-state index contributed by atoms with van der Waals surface area (Å²) in [6.45, 7) is 5.66. The van der Waals surface area contributed by atoms with Gasteiger partial charge in [-0.25, -0.2) is 0 Å². The van der Waals surface area contributed by atoms with Crippen LogP contribution in [0.4, 0.5) is 0 Å². The fourth-order valence-corrected chi connectivity index (χ4v) is 2.31. The van der Waals surface area contributed by atoms with Crippen molar-refractivity contribution in [3.63, 3.8) is 0 Å². The number of phenols is 3. The first kappa shape index (κ1) is 20.7. The molecule has 3 N–H and O–H groups in total. The van der Waals surface area contributed by atoms with Gasteiger partial charge in [-0.1, -0.05) is 36.4 Å². The largest absolute Gasteiger partial charge is 0.508 e. The van der Waals surface area contributed by atoms with E-state index in [4.69, 9.17) is 15.3 Å². The maximum atomic E-state index is 9.11. The van der Waals surface area contributed by atoms with Gasteiger partial charge < -0.3 is 10.2 Å². The Balaban J connectivity index is 0.000000188. The summed E-state index contributed by atoms with van der Waals surface area (Å²) in [6, 6.07) is 20.1. The molecule has 0 aliphatic carbocycles. The van der Waals surface area contributed by atoms with E-state index in [1.807, 2.05) is 69.3 Å². The number of benzene rings is 3. The predicted octanol–water partition coefficient (Wildman–Crippen LogP) is 3.36. The third-order valence-corrected chi connectivity index (χ3v) is 4.89. The number of hydrogen-bond donors (Lipinski definition) is 3. The number of para-hydroxylation sites is 2. The summed E-state index contributed by atoms with van der Waals surface area (Å²) in [6.07, 6.45) is 0. The minimum absolute atomic E-state index is 0.368. The first-order chi connectivity index (χ1) is 11.8. The second kappa shape index (κ2) is 10.5. The molecule has 0 heterocycles. The van der Waals surface area contributed by atoms with Crippen LogP contribution in [0.25, 0.3) is 0 Å². The van der Waals surface area contributed by atoms with Crippen molar-refractivity contribution in [2.24, 2.45) is 0 Å². The average Bonchev–Trinajstić information content (AvgIpc) is 2.59. The third-order valence-electron chi connectivity index (χ3n) is 3.58. The topological polar surface area (TPSA) is 60.7 Å². The summed E-state index contributed by atoms with van der Waals surface area (Å²) >= 11 is 1.55. The average molecular weight is 400 g/mol. The molecule has 3 aromatic rings. The molecular weight excluding hydrogens is 375 g/mol. The van der Waals surface area contributed by atoms with Crippen LogP contribution in [0.2, 0.25) is 0 Å². The number of aryl methyl sites for hydroxylation is 2. The Bertz CT molecular complexity index is 695. The molecule has 0 bridgehead atoms. The second-order valence-corrected chi connectivity index (χ2v) is 6.87. The molecule has 0 aromatic heterocycles. The van der Waals surface area contributed by atoms with E-state index < -0.39 is 0 Å². The summed E-state index contributed by atoms with van der Waals surface area (Å²) in [4.78, 5) is 0. The standard InChI is InChI=1S/C7H9AsO.2C7H8O/c1-5-6(8)3-2-4-7(5)9;2*1-6-4-2-3-5-7(6)8/h2-4,9H,8H2,1H3;2*2-5,8H,1H3. The molecule has 0 amide bonds. The van der Waals surface area contributed by atoms with Gasteiger partial charge in [0.2, 0.25) is 0 Å². The smallest absolute Gasteiger partial charge is 0.118 e. The quantitative estimate of drug-likeness (QED) is 0.507. The molecule has 0 aliphatic heterocycles. The summed E-state index contributed by atoms with van der Waals surface area (Å²) in [7, 11) is 0. The number of rotatable bonds is 0. The molecule has 0 aliphatic rings. The summed E-state index contributed by atoms with van der Waals surface area (Å²) < 4.78 is 1.20. The van der Waals surface area contributed by atoms with E-state index in [1.54, 1.807) is 35.1 Å². The first-order valence-electron chi connectivity index (χ1n) is 7.86. The van der Waals surface area contributed by atoms with Crippen molar-refractivity contribution >= 4 is 21.2 Å². The van der Waals surface area contributed by atoms with Crippen molar-refractivity contribution in [2.75, 3.05) is 0 Å². The molecular formula is C21H25AsO3. The van der Waals surface area contributed by atoms with Crippen LogP contribution < -0.4 is 4.35 Å². The zero-order chi connectivity index (χ0) is 18.8. The molecule has 1 atom stereocenters. The molecule has 3 aromatic carbocycles. The first-order valence-corrected chi connectivity index (χ1v) is 9.07. The van der Waals surface area contributed by atoms with Crippen LogP contribution in [0.3, 0.4) is 0 Å². The van der Waals surface area contributed by atoms with E-state index in [1.165, 1.54) is 4.35 Å². The van der Waals surface area contributed by atoms with Gasteiger partial charge in [0.1, 0.15) is 11.5 Å². The molecule has 4 heteroatoms. The van der Waals surface area contributed by atoms with Gasteiger partial charge in [-0.2, -0.15) is 0 Å². The zero-order valence-electron chi connectivity index (χ0n) is 14.8. The van der Waals surface area contributed by atoms with Crippen LogP contribution >= 0.6 is 0 Å². The van der Waals surface area contributed by atoms with Gasteiger partial charge in [-0.3, -0.25) is 0 Å². The van der Waals surface area contributed by atoms with Gasteiger partial charge in [0.25, 0.3) is 0 Å². The summed E-state index contributed by atoms with van der Waals surface area (Å²) in [5.41, 5.74) is 2.84. The van der Waals surface area contributed by atoms with Crippen molar-refractivity contribution in [3.05, 3.63) is 83.4 Å². The molecule has 25 heavy (non-hydrogen) atoms. The monoisotopic (exact) mass is 400 g/mol. The molecule has 0 spiro atoms. The number of hydrogen-bond acceptors (Lipinski definition) is 3. The van der Waals surface area contributed by atoms with Gasteiger partial charge in [0.05, 0.1) is 0 Å². The fraction of sp³-hybridized carbons (Fsp3) is 0.143. The molecule has 0 saturated heterocycles. The molecule has 3 rings (SSSR count). The van der Waals surface area contributed by atoms with Gasteiger partial charge in [0, 0.05) is 0 Å². The Labute approximate surface area is 158 Å². The zero-order valence-corrected chi connectivity index (χ0v) is 17.2. The van der Waals surface area contributed by atoms with E-state index in [9.17, 15) is 0 Å². The van der Waals surface area contributed by atoms with E-state index in [2.05, 4.69) is 0 Å². The van der Waals surface area contributed by atoms with Gasteiger partial charge in [-0.05, 0) is 37.1 Å². The molecule has 3 nitrogen and oxygen atoms in total. The van der Waals surface area contributed by atoms with Crippen molar-refractivity contribution < 1.29 is 15.3 Å². The predicted molar refractivity (Wildman–Crippen MR) is 107 cm³/mol. The Kier molecular flexibility index (Phi) is 8.66. The van der Waals surface area contributed by atoms with Crippen LogP contribution in [0, 0.1) is 20.8 Å². The van der Waals surface area contributed by atoms with E-state index in [-0.39, 0.29) is 0 Å². The molecule has 1 unspecified atom stereocenters. The van der Waals surface area contributed by atoms with Crippen LogP contribution in [-0.4, -0.2) is 32.2 Å². The fourth-order valence-electron chi connectivity index (χ4n) is 1.77. The van der Waals surface area contributed by atoms with E-state index >= 15 is 0 Å². The van der Waals surface area contributed by atoms with Crippen LogP contribution in [0.5, 0.6) is 17.2 Å². The minimum Gasteiger partial charge on any atom is -0.508 e. The molecule has 0 radical (unpaired) electrons. The Hall–Kier alpha value is -2.38. The van der Waals surface area contributed by atoms with Crippen molar-refractivity contribution in [3.8, 4) is 17.2 Å². The van der Waals surface area contributed by atoms with Crippen LogP contribution in [0.15, 0.2) is 66.7 Å². The number of aromatic hydroxyl groups is 3. The normalized spacial score (nSPS) is 9.28. The Morgan fingerprint density at radius 1 is 0.560 bits per heavy atom. The van der Waals surface area contributed by atoms with Gasteiger partial charge in [0.15, 0.2) is 0 Å². The maximum Gasteiger partial charge on any atom is 0.118 e. The van der Waals surface area contributed by atoms with Crippen molar-refractivity contribution in [2.45, 2.75) is 20.8 Å². The van der Waals surface area contributed by atoms with Crippen LogP contribution in [0.1, 0.15) is 16.7 Å². The Morgan fingerprint density at radius 3 is 1.24 bits per heavy atom. The number of phenolic OH excluding ortho intramolecular Hbond substituents is 3. The van der Waals surface area contributed by atoms with Gasteiger partial charge >= 0.3 is 62.7 Å². The third kappa shape index (κ3) is 7.36. The van der Waals surface area contributed by atoms with E-state index in [0.29, 0.717) is 17.2 Å². The SMILES string of the molecule is Cc1c(O)cccc1[AsH2].Cc1ccccc1O.Cc1ccccc1O. The summed E-state index contributed by atoms with van der Waals surface area (Å²) in [5.74, 6) is 1.14. The minimum atomic E-state index is 0.368. The maximum absolute atomic E-state index is 9.11. The van der Waals surface area contributed by atoms with Crippen molar-refractivity contribution in [1.29, 1.82) is 0 Å². The van der Waals surface area contributed by atoms with Gasteiger partial charge in [-0.15, -0.1) is 0 Å². The Morgan fingerprint density at radius 2 is 0.960 bits per heavy atom. The second-order valence-electron chi connectivity index (χ2n) is 5.56.